The average Bonchev–Trinajstić information content (AvgIpc) is 2.97. The van der Waals surface area contributed by atoms with Gasteiger partial charge in [-0.25, -0.2) is 0 Å². The van der Waals surface area contributed by atoms with Gasteiger partial charge in [0.2, 0.25) is 5.91 Å². The second-order valence-electron chi connectivity index (χ2n) is 6.98. The lowest BCUT2D eigenvalue weighted by atomic mass is 9.96. The van der Waals surface area contributed by atoms with Gasteiger partial charge >= 0.3 is 0 Å². The second-order valence-corrected chi connectivity index (χ2v) is 6.98. The van der Waals surface area contributed by atoms with Gasteiger partial charge in [-0.15, -0.1) is 0 Å². The molecule has 26 heavy (non-hydrogen) atoms. The van der Waals surface area contributed by atoms with Gasteiger partial charge in [0, 0.05) is 30.9 Å². The summed E-state index contributed by atoms with van der Waals surface area (Å²) < 4.78 is 2.07. The Morgan fingerprint density at radius 2 is 1.85 bits per heavy atom. The lowest BCUT2D eigenvalue weighted by molar-refractivity contribution is -0.131. The molecule has 2 amide bonds. The molecule has 0 unspecified atom stereocenters. The van der Waals surface area contributed by atoms with Gasteiger partial charge < -0.3 is 10.2 Å². The van der Waals surface area contributed by atoms with Crippen molar-refractivity contribution in [1.29, 1.82) is 0 Å². The van der Waals surface area contributed by atoms with E-state index >= 15 is 0 Å². The van der Waals surface area contributed by atoms with Crippen LogP contribution < -0.4 is 5.32 Å². The molecule has 0 radical (unpaired) electrons. The van der Waals surface area contributed by atoms with Gasteiger partial charge in [-0.2, -0.15) is 5.10 Å². The van der Waals surface area contributed by atoms with Crippen LogP contribution in [-0.2, 0) is 11.3 Å². The molecule has 3 rings (SSSR count). The molecule has 0 aliphatic carbocycles. The fraction of sp³-hybridized carbons (Fsp3) is 0.450. The zero-order chi connectivity index (χ0) is 18.5. The molecular formula is C20H26N4O2. The smallest absolute Gasteiger partial charge is 0.251 e. The SMILES string of the molecule is Cc1cc(C)n(CC2CCN(C(=O)CNC(=O)c3ccccc3)CC2)n1. The first-order valence-corrected chi connectivity index (χ1v) is 9.15. The normalized spacial score (nSPS) is 15.1. The lowest BCUT2D eigenvalue weighted by Crippen LogP contribution is -2.44. The Bertz CT molecular complexity index is 761. The maximum atomic E-state index is 12.3. The topological polar surface area (TPSA) is 67.2 Å². The van der Waals surface area contributed by atoms with Crippen molar-refractivity contribution in [1.82, 2.24) is 20.0 Å². The standard InChI is InChI=1S/C20H26N4O2/c1-15-12-16(2)24(22-15)14-17-8-10-23(11-9-17)19(25)13-21-20(26)18-6-4-3-5-7-18/h3-7,12,17H,8-11,13-14H2,1-2H3,(H,21,26). The number of rotatable bonds is 5. The molecule has 1 fully saturated rings. The lowest BCUT2D eigenvalue weighted by Gasteiger charge is -2.32. The maximum absolute atomic E-state index is 12.3. The Labute approximate surface area is 154 Å². The maximum Gasteiger partial charge on any atom is 0.251 e. The van der Waals surface area contributed by atoms with E-state index in [-0.39, 0.29) is 18.4 Å². The highest BCUT2D eigenvalue weighted by Gasteiger charge is 2.23. The first-order valence-electron chi connectivity index (χ1n) is 9.15. The summed E-state index contributed by atoms with van der Waals surface area (Å²) in [5.41, 5.74) is 2.80. The largest absolute Gasteiger partial charge is 0.343 e. The first-order chi connectivity index (χ1) is 12.5. The summed E-state index contributed by atoms with van der Waals surface area (Å²) in [5, 5.41) is 7.24. The quantitative estimate of drug-likeness (QED) is 0.895. The van der Waals surface area contributed by atoms with Crippen molar-refractivity contribution >= 4 is 11.8 Å². The summed E-state index contributed by atoms with van der Waals surface area (Å²) in [5.74, 6) is 0.313. The van der Waals surface area contributed by atoms with Crippen LogP contribution >= 0.6 is 0 Å². The van der Waals surface area contributed by atoms with Crippen LogP contribution in [0.3, 0.4) is 0 Å². The van der Waals surface area contributed by atoms with Crippen molar-refractivity contribution in [3.8, 4) is 0 Å². The highest BCUT2D eigenvalue weighted by Crippen LogP contribution is 2.20. The van der Waals surface area contributed by atoms with Crippen molar-refractivity contribution in [3.63, 3.8) is 0 Å². The third-order valence-corrected chi connectivity index (χ3v) is 4.94. The molecule has 0 bridgehead atoms. The Morgan fingerprint density at radius 1 is 1.15 bits per heavy atom. The number of carbonyl (C=O) groups is 2. The summed E-state index contributed by atoms with van der Waals surface area (Å²) in [6.07, 6.45) is 1.94. The van der Waals surface area contributed by atoms with Crippen LogP contribution in [0.4, 0.5) is 0 Å². The van der Waals surface area contributed by atoms with E-state index in [1.54, 1.807) is 12.1 Å². The molecular weight excluding hydrogens is 328 g/mol. The van der Waals surface area contributed by atoms with E-state index < -0.39 is 0 Å². The average molecular weight is 354 g/mol. The molecule has 1 aromatic carbocycles. The van der Waals surface area contributed by atoms with Crippen molar-refractivity contribution in [3.05, 3.63) is 53.3 Å². The summed E-state index contributed by atoms with van der Waals surface area (Å²) in [4.78, 5) is 26.2. The van der Waals surface area contributed by atoms with E-state index in [1.165, 1.54) is 5.69 Å². The van der Waals surface area contributed by atoms with Gasteiger partial charge in [-0.1, -0.05) is 18.2 Å². The highest BCUT2D eigenvalue weighted by molar-refractivity contribution is 5.96. The van der Waals surface area contributed by atoms with Gasteiger partial charge in [-0.3, -0.25) is 14.3 Å². The fourth-order valence-corrected chi connectivity index (χ4v) is 3.43. The molecule has 1 saturated heterocycles. The zero-order valence-corrected chi connectivity index (χ0v) is 15.4. The molecule has 6 heteroatoms. The molecule has 2 heterocycles. The van der Waals surface area contributed by atoms with Crippen LogP contribution in [0.2, 0.25) is 0 Å². The molecule has 1 aromatic heterocycles. The van der Waals surface area contributed by atoms with Gasteiger partial charge in [0.05, 0.1) is 12.2 Å². The predicted octanol–water partition coefficient (Wildman–Crippen LogP) is 2.17. The van der Waals surface area contributed by atoms with E-state index in [9.17, 15) is 9.59 Å². The van der Waals surface area contributed by atoms with Crippen molar-refractivity contribution < 1.29 is 9.59 Å². The van der Waals surface area contributed by atoms with Crippen molar-refractivity contribution in [2.75, 3.05) is 19.6 Å². The molecule has 1 N–H and O–H groups in total. The second kappa shape index (κ2) is 8.17. The number of nitrogens with one attached hydrogen (secondary N) is 1. The third kappa shape index (κ3) is 4.50. The van der Waals surface area contributed by atoms with E-state index in [0.717, 1.165) is 38.2 Å². The Balaban J connectivity index is 1.43. The van der Waals surface area contributed by atoms with Crippen LogP contribution in [0.1, 0.15) is 34.6 Å². The van der Waals surface area contributed by atoms with Crippen LogP contribution in [-0.4, -0.2) is 46.1 Å². The van der Waals surface area contributed by atoms with Crippen LogP contribution in [0, 0.1) is 19.8 Å². The van der Waals surface area contributed by atoms with E-state index in [1.807, 2.05) is 30.0 Å². The minimum atomic E-state index is -0.210. The van der Waals surface area contributed by atoms with E-state index in [0.29, 0.717) is 11.5 Å². The molecule has 1 aliphatic heterocycles. The number of benzene rings is 1. The Hall–Kier alpha value is -2.63. The number of hydrogen-bond acceptors (Lipinski definition) is 3. The number of carbonyl (C=O) groups excluding carboxylic acids is 2. The van der Waals surface area contributed by atoms with Crippen LogP contribution in [0.5, 0.6) is 0 Å². The summed E-state index contributed by atoms with van der Waals surface area (Å²) in [6.45, 7) is 6.53. The first kappa shape index (κ1) is 18.2. The fourth-order valence-electron chi connectivity index (χ4n) is 3.43. The monoisotopic (exact) mass is 354 g/mol. The number of piperidine rings is 1. The van der Waals surface area contributed by atoms with Crippen molar-refractivity contribution in [2.24, 2.45) is 5.92 Å². The predicted molar refractivity (Wildman–Crippen MR) is 99.8 cm³/mol. The van der Waals surface area contributed by atoms with E-state index in [2.05, 4.69) is 28.1 Å². The molecule has 0 saturated carbocycles. The minimum absolute atomic E-state index is 0.0150. The zero-order valence-electron chi connectivity index (χ0n) is 15.4. The van der Waals surface area contributed by atoms with Gasteiger partial charge in [-0.05, 0) is 50.8 Å². The molecule has 2 aromatic rings. The molecule has 0 spiro atoms. The minimum Gasteiger partial charge on any atom is -0.343 e. The van der Waals surface area contributed by atoms with Crippen LogP contribution in [0.15, 0.2) is 36.4 Å². The summed E-state index contributed by atoms with van der Waals surface area (Å²) in [6, 6.07) is 11.1. The number of likely N-dealkylation sites (tertiary alicyclic amines) is 1. The van der Waals surface area contributed by atoms with Gasteiger partial charge in [0.25, 0.3) is 5.91 Å². The Morgan fingerprint density at radius 3 is 2.46 bits per heavy atom. The highest BCUT2D eigenvalue weighted by atomic mass is 16.2. The van der Waals surface area contributed by atoms with Gasteiger partial charge in [0.1, 0.15) is 0 Å². The number of aromatic nitrogens is 2. The molecule has 1 aliphatic rings. The van der Waals surface area contributed by atoms with Gasteiger partial charge in [0.15, 0.2) is 0 Å². The van der Waals surface area contributed by atoms with Crippen molar-refractivity contribution in [2.45, 2.75) is 33.2 Å². The third-order valence-electron chi connectivity index (χ3n) is 4.94. The number of amides is 2. The summed E-state index contributed by atoms with van der Waals surface area (Å²) >= 11 is 0. The number of hydrogen-bond donors (Lipinski definition) is 1. The Kier molecular flexibility index (Phi) is 5.71. The molecule has 138 valence electrons. The molecule has 0 atom stereocenters. The van der Waals surface area contributed by atoms with Crippen LogP contribution in [0.25, 0.3) is 0 Å². The summed E-state index contributed by atoms with van der Waals surface area (Å²) in [7, 11) is 0. The molecule has 6 nitrogen and oxygen atoms in total. The number of aryl methyl sites for hydroxylation is 2. The number of nitrogens with zero attached hydrogens (tertiary/aromatic N) is 3. The van der Waals surface area contributed by atoms with E-state index in [4.69, 9.17) is 0 Å².